The summed E-state index contributed by atoms with van der Waals surface area (Å²) in [6.45, 7) is 20.5. The first-order chi connectivity index (χ1) is 27.4. The van der Waals surface area contributed by atoms with Gasteiger partial charge in [-0.15, -0.1) is 0 Å². The smallest absolute Gasteiger partial charge is 0.338 e. The van der Waals surface area contributed by atoms with Crippen LogP contribution in [0.15, 0.2) is 84.9 Å². The van der Waals surface area contributed by atoms with Gasteiger partial charge in [0.2, 0.25) is 0 Å². The van der Waals surface area contributed by atoms with Crippen LogP contribution in [0.4, 0.5) is 0 Å². The summed E-state index contributed by atoms with van der Waals surface area (Å²) in [5, 5.41) is 9.00. The van der Waals surface area contributed by atoms with Crippen molar-refractivity contribution in [2.75, 3.05) is 20.7 Å². The summed E-state index contributed by atoms with van der Waals surface area (Å²) in [6.07, 6.45) is 4.70. The lowest BCUT2D eigenvalue weighted by molar-refractivity contribution is 0.0525. The van der Waals surface area contributed by atoms with E-state index in [0.717, 1.165) is 28.7 Å². The van der Waals surface area contributed by atoms with E-state index in [1.807, 2.05) is 12.1 Å². The van der Waals surface area contributed by atoms with Crippen LogP contribution in [0.5, 0.6) is 0 Å². The minimum Gasteiger partial charge on any atom is -0.478 e. The fourth-order valence-corrected chi connectivity index (χ4v) is 8.05. The molecule has 1 N–H and O–H groups in total. The van der Waals surface area contributed by atoms with E-state index < -0.39 is 5.97 Å². The van der Waals surface area contributed by atoms with Gasteiger partial charge in [-0.3, -0.25) is 9.80 Å². The maximum Gasteiger partial charge on any atom is 0.338 e. The Kier molecular flexibility index (Phi) is 14.1. The van der Waals surface area contributed by atoms with Crippen molar-refractivity contribution in [3.63, 3.8) is 0 Å². The van der Waals surface area contributed by atoms with E-state index >= 15 is 0 Å². The quantitative estimate of drug-likeness (QED) is 0.149. The van der Waals surface area contributed by atoms with E-state index in [2.05, 4.69) is 139 Å². The van der Waals surface area contributed by atoms with Crippen LogP contribution in [-0.2, 0) is 15.6 Å². The maximum absolute atomic E-state index is 11.8. The summed E-state index contributed by atoms with van der Waals surface area (Å²) in [5.41, 5.74) is 10.5. The second-order valence-electron chi connectivity index (χ2n) is 17.7. The van der Waals surface area contributed by atoms with Crippen LogP contribution in [0.2, 0.25) is 0 Å². The van der Waals surface area contributed by atoms with Gasteiger partial charge in [0, 0.05) is 46.4 Å². The van der Waals surface area contributed by atoms with Crippen molar-refractivity contribution in [3.8, 4) is 23.7 Å². The van der Waals surface area contributed by atoms with Gasteiger partial charge in [0.1, 0.15) is 0 Å². The number of carbonyl (C=O) groups is 2. The number of fused-ring (bicyclic) bond motifs is 2. The van der Waals surface area contributed by atoms with Crippen molar-refractivity contribution >= 4 is 11.9 Å². The standard InChI is InChI=1S/C27H33NO2.C25H29NO2/c1-7-30-26(29)22-13-10-20(11-14-22)8-9-21-12-15-23-24(18-21)27(4,5)17-16-25(23)28(6)19(2)3;1-17(2)26(5)23-14-15-25(3,4)22-16-19(10-13-21(22)23)7-6-18-8-11-20(12-9-18)24(27)28/h10-15,18-19,25H,7,16-17H2,1-6H3;8-13,16-17,23H,14-15H2,1-5H3,(H,27,28). The molecule has 2 atom stereocenters. The van der Waals surface area contributed by atoms with E-state index in [0.29, 0.717) is 36.3 Å². The number of hydrogen-bond acceptors (Lipinski definition) is 5. The van der Waals surface area contributed by atoms with Gasteiger partial charge in [0.05, 0.1) is 17.7 Å². The zero-order valence-corrected chi connectivity index (χ0v) is 36.5. The summed E-state index contributed by atoms with van der Waals surface area (Å²) in [5.74, 6) is 11.7. The molecule has 0 amide bonds. The number of aromatic carboxylic acids is 1. The second-order valence-corrected chi connectivity index (χ2v) is 17.7. The summed E-state index contributed by atoms with van der Waals surface area (Å²) in [6, 6.07) is 29.2. The molecule has 6 rings (SSSR count). The molecule has 304 valence electrons. The summed E-state index contributed by atoms with van der Waals surface area (Å²) in [7, 11) is 4.44. The number of carboxylic acid groups (broad SMARTS) is 1. The van der Waals surface area contributed by atoms with Crippen LogP contribution in [0.1, 0.15) is 165 Å². The third kappa shape index (κ3) is 10.5. The molecule has 0 radical (unpaired) electrons. The van der Waals surface area contributed by atoms with Crippen molar-refractivity contribution in [2.45, 2.75) is 123 Å². The van der Waals surface area contributed by atoms with Gasteiger partial charge in [-0.1, -0.05) is 63.5 Å². The molecule has 0 saturated carbocycles. The average molecular weight is 779 g/mol. The van der Waals surface area contributed by atoms with Crippen molar-refractivity contribution in [1.29, 1.82) is 0 Å². The highest BCUT2D eigenvalue weighted by Gasteiger charge is 2.36. The van der Waals surface area contributed by atoms with E-state index in [1.165, 1.54) is 41.5 Å². The number of nitrogens with zero attached hydrogens (tertiary/aromatic N) is 2. The molecule has 0 aliphatic heterocycles. The van der Waals surface area contributed by atoms with Gasteiger partial charge in [0.15, 0.2) is 0 Å². The van der Waals surface area contributed by atoms with E-state index in [9.17, 15) is 9.59 Å². The van der Waals surface area contributed by atoms with Crippen LogP contribution in [-0.4, -0.2) is 59.6 Å². The minimum atomic E-state index is -0.919. The molecule has 2 aliphatic carbocycles. The zero-order chi connectivity index (χ0) is 42.4. The molecule has 0 spiro atoms. The Morgan fingerprint density at radius 1 is 0.638 bits per heavy atom. The second kappa shape index (κ2) is 18.6. The number of ether oxygens (including phenoxy) is 1. The molecule has 58 heavy (non-hydrogen) atoms. The number of hydrogen-bond donors (Lipinski definition) is 1. The van der Waals surface area contributed by atoms with Crippen molar-refractivity contribution in [2.24, 2.45) is 0 Å². The number of rotatable bonds is 7. The molecular weight excluding hydrogens is 717 g/mol. The van der Waals surface area contributed by atoms with E-state index in [-0.39, 0.29) is 22.4 Å². The lowest BCUT2D eigenvalue weighted by Gasteiger charge is -2.42. The number of carboxylic acids is 1. The Bertz CT molecular complexity index is 2210. The maximum atomic E-state index is 11.8. The van der Waals surface area contributed by atoms with Crippen LogP contribution < -0.4 is 0 Å². The highest BCUT2D eigenvalue weighted by molar-refractivity contribution is 5.89. The Morgan fingerprint density at radius 3 is 1.36 bits per heavy atom. The fraction of sp³-hybridized carbons (Fsp3) is 0.423. The molecule has 0 heterocycles. The number of carbonyl (C=O) groups excluding carboxylic acids is 1. The fourth-order valence-electron chi connectivity index (χ4n) is 8.05. The monoisotopic (exact) mass is 778 g/mol. The van der Waals surface area contributed by atoms with Crippen LogP contribution >= 0.6 is 0 Å². The van der Waals surface area contributed by atoms with Crippen molar-refractivity contribution in [1.82, 2.24) is 9.80 Å². The predicted molar refractivity (Wildman–Crippen MR) is 236 cm³/mol. The Balaban J connectivity index is 0.000000221. The molecular formula is C52H62N2O4. The van der Waals surface area contributed by atoms with Gasteiger partial charge in [-0.25, -0.2) is 9.59 Å². The lowest BCUT2D eigenvalue weighted by Crippen LogP contribution is -2.37. The minimum absolute atomic E-state index is 0.143. The van der Waals surface area contributed by atoms with Crippen molar-refractivity contribution < 1.29 is 19.4 Å². The number of benzene rings is 4. The lowest BCUT2D eigenvalue weighted by atomic mass is 9.70. The zero-order valence-electron chi connectivity index (χ0n) is 36.5. The summed E-state index contributed by atoms with van der Waals surface area (Å²) in [4.78, 5) is 27.7. The van der Waals surface area contributed by atoms with Crippen LogP contribution in [0, 0.1) is 23.7 Å². The normalized spacial score (nSPS) is 17.5. The average Bonchev–Trinajstić information content (AvgIpc) is 3.19. The van der Waals surface area contributed by atoms with Gasteiger partial charge in [-0.05, 0) is 180 Å². The first kappa shape index (κ1) is 44.0. The molecule has 0 aromatic heterocycles. The topological polar surface area (TPSA) is 70.1 Å². The van der Waals surface area contributed by atoms with Gasteiger partial charge >= 0.3 is 11.9 Å². The Hall–Kier alpha value is -5.14. The molecule has 2 aliphatic rings. The molecule has 2 unspecified atom stereocenters. The van der Waals surface area contributed by atoms with Gasteiger partial charge < -0.3 is 9.84 Å². The first-order valence-corrected chi connectivity index (χ1v) is 20.8. The van der Waals surface area contributed by atoms with Gasteiger partial charge in [-0.2, -0.15) is 0 Å². The van der Waals surface area contributed by atoms with Crippen molar-refractivity contribution in [3.05, 3.63) is 141 Å². The Morgan fingerprint density at radius 2 is 1.00 bits per heavy atom. The highest BCUT2D eigenvalue weighted by atomic mass is 16.5. The highest BCUT2D eigenvalue weighted by Crippen LogP contribution is 2.45. The van der Waals surface area contributed by atoms with Crippen LogP contribution in [0.3, 0.4) is 0 Å². The first-order valence-electron chi connectivity index (χ1n) is 20.8. The van der Waals surface area contributed by atoms with E-state index in [4.69, 9.17) is 9.84 Å². The Labute approximate surface area is 348 Å². The van der Waals surface area contributed by atoms with Crippen LogP contribution in [0.25, 0.3) is 0 Å². The molecule has 4 aromatic carbocycles. The summed E-state index contributed by atoms with van der Waals surface area (Å²) < 4.78 is 5.03. The van der Waals surface area contributed by atoms with E-state index in [1.54, 1.807) is 43.3 Å². The molecule has 4 aromatic rings. The molecule has 0 bridgehead atoms. The molecule has 6 heteroatoms. The SMILES string of the molecule is CC(C)N(C)C1CCC(C)(C)c2cc(C#Cc3ccc(C(=O)O)cc3)ccc21.CCOC(=O)c1ccc(C#Cc2ccc3c(c2)C(C)(C)CCC3N(C)C(C)C)cc1. The number of esters is 1. The molecule has 6 nitrogen and oxygen atoms in total. The predicted octanol–water partition coefficient (Wildman–Crippen LogP) is 11.0. The third-order valence-corrected chi connectivity index (χ3v) is 12.2. The third-order valence-electron chi connectivity index (χ3n) is 12.2. The summed E-state index contributed by atoms with van der Waals surface area (Å²) >= 11 is 0. The molecule has 0 saturated heterocycles. The largest absolute Gasteiger partial charge is 0.478 e. The molecule has 0 fully saturated rings. The van der Waals surface area contributed by atoms with Gasteiger partial charge in [0.25, 0.3) is 0 Å².